The first-order valence-electron chi connectivity index (χ1n) is 3.37. The molecule has 80 valence electrons. The summed E-state index contributed by atoms with van der Waals surface area (Å²) < 4.78 is 0. The second-order valence-electron chi connectivity index (χ2n) is 2.49. The average molecular weight is 207 g/mol. The lowest BCUT2D eigenvalue weighted by Gasteiger charge is -2.26. The van der Waals surface area contributed by atoms with Crippen LogP contribution < -0.4 is 5.32 Å². The SMILES string of the molecule is CC(=O)NC(O)(C(=O)O)C(O)C(=O)O. The van der Waals surface area contributed by atoms with Crippen LogP contribution in [0.25, 0.3) is 0 Å². The topological polar surface area (TPSA) is 144 Å². The van der Waals surface area contributed by atoms with Crippen molar-refractivity contribution in [3.8, 4) is 0 Å². The first kappa shape index (κ1) is 12.3. The third kappa shape index (κ3) is 2.41. The molecule has 0 radical (unpaired) electrons. The number of amides is 1. The largest absolute Gasteiger partial charge is 0.479 e. The highest BCUT2D eigenvalue weighted by atomic mass is 16.5. The van der Waals surface area contributed by atoms with Crippen molar-refractivity contribution in [2.45, 2.75) is 18.8 Å². The maximum Gasteiger partial charge on any atom is 0.360 e. The van der Waals surface area contributed by atoms with Crippen molar-refractivity contribution in [3.63, 3.8) is 0 Å². The van der Waals surface area contributed by atoms with Crippen LogP contribution in [0.15, 0.2) is 0 Å². The van der Waals surface area contributed by atoms with Crippen molar-refractivity contribution < 1.29 is 34.8 Å². The van der Waals surface area contributed by atoms with Crippen molar-refractivity contribution in [2.24, 2.45) is 0 Å². The quantitative estimate of drug-likeness (QED) is 0.316. The molecule has 0 saturated carbocycles. The maximum atomic E-state index is 10.5. The highest BCUT2D eigenvalue weighted by Gasteiger charge is 2.48. The predicted molar refractivity (Wildman–Crippen MR) is 40.0 cm³/mol. The molecule has 8 nitrogen and oxygen atoms in total. The Labute approximate surface area is 77.8 Å². The number of hydrogen-bond donors (Lipinski definition) is 5. The van der Waals surface area contributed by atoms with Gasteiger partial charge in [0.2, 0.25) is 12.0 Å². The summed E-state index contributed by atoms with van der Waals surface area (Å²) in [7, 11) is 0. The van der Waals surface area contributed by atoms with E-state index in [1.807, 2.05) is 0 Å². The summed E-state index contributed by atoms with van der Waals surface area (Å²) in [4.78, 5) is 31.1. The van der Waals surface area contributed by atoms with E-state index in [1.165, 1.54) is 5.32 Å². The molecule has 0 fully saturated rings. The van der Waals surface area contributed by atoms with Gasteiger partial charge in [-0.1, -0.05) is 0 Å². The first-order valence-corrected chi connectivity index (χ1v) is 3.37. The zero-order valence-corrected chi connectivity index (χ0v) is 7.09. The van der Waals surface area contributed by atoms with Gasteiger partial charge in [0.1, 0.15) is 0 Å². The van der Waals surface area contributed by atoms with E-state index in [2.05, 4.69) is 0 Å². The second-order valence-corrected chi connectivity index (χ2v) is 2.49. The fraction of sp³-hybridized carbons (Fsp3) is 0.500. The summed E-state index contributed by atoms with van der Waals surface area (Å²) in [5.74, 6) is -5.03. The Morgan fingerprint density at radius 1 is 1.29 bits per heavy atom. The van der Waals surface area contributed by atoms with E-state index in [0.717, 1.165) is 6.92 Å². The van der Waals surface area contributed by atoms with Crippen LogP contribution in [0.3, 0.4) is 0 Å². The molecule has 0 aliphatic rings. The van der Waals surface area contributed by atoms with Gasteiger partial charge in [0.25, 0.3) is 5.72 Å². The van der Waals surface area contributed by atoms with Crippen molar-refractivity contribution >= 4 is 17.8 Å². The third-order valence-corrected chi connectivity index (χ3v) is 1.32. The van der Waals surface area contributed by atoms with Crippen LogP contribution in [0.4, 0.5) is 0 Å². The van der Waals surface area contributed by atoms with E-state index < -0.39 is 29.7 Å². The van der Waals surface area contributed by atoms with Crippen molar-refractivity contribution in [2.75, 3.05) is 0 Å². The molecule has 14 heavy (non-hydrogen) atoms. The zero-order valence-electron chi connectivity index (χ0n) is 7.09. The Morgan fingerprint density at radius 3 is 1.93 bits per heavy atom. The molecular formula is C6H9NO7. The molecule has 0 aromatic rings. The smallest absolute Gasteiger partial charge is 0.360 e. The molecule has 0 saturated heterocycles. The van der Waals surface area contributed by atoms with Gasteiger partial charge in [-0.3, -0.25) is 4.79 Å². The molecule has 0 bridgehead atoms. The molecule has 0 rings (SSSR count). The number of aliphatic carboxylic acids is 2. The molecule has 8 heteroatoms. The number of carboxylic acid groups (broad SMARTS) is 2. The molecule has 5 N–H and O–H groups in total. The molecule has 0 aliphatic carbocycles. The normalized spacial score (nSPS) is 16.5. The third-order valence-electron chi connectivity index (χ3n) is 1.32. The van der Waals surface area contributed by atoms with Crippen LogP contribution in [0.1, 0.15) is 6.92 Å². The molecule has 2 unspecified atom stereocenters. The molecule has 0 spiro atoms. The Bertz CT molecular complexity index is 275. The van der Waals surface area contributed by atoms with Gasteiger partial charge in [-0.05, 0) is 0 Å². The molecule has 1 amide bonds. The summed E-state index contributed by atoms with van der Waals surface area (Å²) in [6.07, 6.45) is -2.65. The van der Waals surface area contributed by atoms with E-state index in [4.69, 9.17) is 20.4 Å². The first-order chi connectivity index (χ1) is 6.21. The predicted octanol–water partition coefficient (Wildman–Crippen LogP) is -2.66. The van der Waals surface area contributed by atoms with Gasteiger partial charge in [-0.2, -0.15) is 0 Å². The Balaban J connectivity index is 4.99. The van der Waals surface area contributed by atoms with Crippen LogP contribution in [-0.4, -0.2) is 50.1 Å². The summed E-state index contributed by atoms with van der Waals surface area (Å²) in [6.45, 7) is 0.864. The number of hydrogen-bond acceptors (Lipinski definition) is 5. The standard InChI is InChI=1S/C6H9NO7/c1-2(8)7-6(14,5(12)13)3(9)4(10)11/h3,9,14H,1H3,(H,7,8)(H,10,11)(H,12,13). The van der Waals surface area contributed by atoms with Gasteiger partial charge in [-0.25, -0.2) is 9.59 Å². The second kappa shape index (κ2) is 4.03. The minimum absolute atomic E-state index is 0.864. The van der Waals surface area contributed by atoms with Crippen LogP contribution in [0, 0.1) is 0 Å². The van der Waals surface area contributed by atoms with Gasteiger partial charge >= 0.3 is 11.9 Å². The minimum atomic E-state index is -3.22. The summed E-state index contributed by atoms with van der Waals surface area (Å²) in [5.41, 5.74) is -3.22. The van der Waals surface area contributed by atoms with Crippen LogP contribution in [0.5, 0.6) is 0 Å². The number of rotatable bonds is 4. The lowest BCUT2D eigenvalue weighted by atomic mass is 10.1. The van der Waals surface area contributed by atoms with E-state index in [0.29, 0.717) is 0 Å². The number of carbonyl (C=O) groups is 3. The van der Waals surface area contributed by atoms with Gasteiger partial charge < -0.3 is 25.7 Å². The Kier molecular flexibility index (Phi) is 3.55. The van der Waals surface area contributed by atoms with Gasteiger partial charge in [0.05, 0.1) is 0 Å². The zero-order chi connectivity index (χ0) is 11.5. The van der Waals surface area contributed by atoms with Gasteiger partial charge in [0, 0.05) is 6.92 Å². The lowest BCUT2D eigenvalue weighted by Crippen LogP contribution is -2.64. The number of aliphatic hydroxyl groups excluding tert-OH is 1. The van der Waals surface area contributed by atoms with Crippen LogP contribution >= 0.6 is 0 Å². The molecule has 0 aromatic carbocycles. The lowest BCUT2D eigenvalue weighted by molar-refractivity contribution is -0.189. The van der Waals surface area contributed by atoms with Crippen LogP contribution in [-0.2, 0) is 14.4 Å². The average Bonchev–Trinajstić information content (AvgIpc) is 2.00. The maximum absolute atomic E-state index is 10.5. The fourth-order valence-corrected chi connectivity index (χ4v) is 0.686. The molecule has 2 atom stereocenters. The molecule has 0 aromatic heterocycles. The number of carbonyl (C=O) groups excluding carboxylic acids is 1. The Hall–Kier alpha value is -1.67. The summed E-state index contributed by atoms with van der Waals surface area (Å²) in [5, 5.41) is 36.0. The molecular weight excluding hydrogens is 198 g/mol. The van der Waals surface area contributed by atoms with Crippen molar-refractivity contribution in [3.05, 3.63) is 0 Å². The minimum Gasteiger partial charge on any atom is -0.479 e. The Morgan fingerprint density at radius 2 is 1.71 bits per heavy atom. The van der Waals surface area contributed by atoms with Gasteiger partial charge in [-0.15, -0.1) is 0 Å². The van der Waals surface area contributed by atoms with E-state index in [-0.39, 0.29) is 0 Å². The van der Waals surface area contributed by atoms with Crippen LogP contribution in [0.2, 0.25) is 0 Å². The number of aliphatic hydroxyl groups is 2. The van der Waals surface area contributed by atoms with Crippen molar-refractivity contribution in [1.29, 1.82) is 0 Å². The summed E-state index contributed by atoms with van der Waals surface area (Å²) >= 11 is 0. The fourth-order valence-electron chi connectivity index (χ4n) is 0.686. The van der Waals surface area contributed by atoms with Crippen molar-refractivity contribution in [1.82, 2.24) is 5.32 Å². The van der Waals surface area contributed by atoms with E-state index in [1.54, 1.807) is 0 Å². The van der Waals surface area contributed by atoms with E-state index in [9.17, 15) is 14.4 Å². The number of carboxylic acids is 2. The highest BCUT2D eigenvalue weighted by Crippen LogP contribution is 2.07. The molecule has 0 aliphatic heterocycles. The highest BCUT2D eigenvalue weighted by molar-refractivity contribution is 5.90. The molecule has 0 heterocycles. The number of nitrogens with one attached hydrogen (secondary N) is 1. The van der Waals surface area contributed by atoms with Gasteiger partial charge in [0.15, 0.2) is 0 Å². The van der Waals surface area contributed by atoms with E-state index >= 15 is 0 Å². The summed E-state index contributed by atoms with van der Waals surface area (Å²) in [6, 6.07) is 0. The monoisotopic (exact) mass is 207 g/mol.